The molecule has 1 fully saturated rings. The molecule has 1 aliphatic rings. The Hall–Kier alpha value is -3.44. The molecule has 3 amide bonds. The van der Waals surface area contributed by atoms with E-state index in [9.17, 15) is 24.2 Å². The average Bonchev–Trinajstić information content (AvgIpc) is 2.90. The summed E-state index contributed by atoms with van der Waals surface area (Å²) in [6, 6.07) is 9.67. The van der Waals surface area contributed by atoms with E-state index in [4.69, 9.17) is 14.5 Å². The smallest absolute Gasteiger partial charge is 0.492 e. The zero-order valence-electron chi connectivity index (χ0n) is 21.6. The minimum absolute atomic E-state index is 0.0403. The van der Waals surface area contributed by atoms with Gasteiger partial charge in [0, 0.05) is 19.9 Å². The first-order valence-electron chi connectivity index (χ1n) is 12.6. The Balaban J connectivity index is 1.65. The number of phosphoric acid groups is 1. The van der Waals surface area contributed by atoms with E-state index in [2.05, 4.69) is 15.2 Å². The predicted octanol–water partition coefficient (Wildman–Crippen LogP) is 2.60. The Kier molecular flexibility index (Phi) is 10.9. The van der Waals surface area contributed by atoms with Crippen molar-refractivity contribution in [2.45, 2.75) is 58.0 Å². The average molecular weight is 564 g/mol. The third-order valence-electron chi connectivity index (χ3n) is 6.34. The van der Waals surface area contributed by atoms with E-state index < -0.39 is 31.6 Å². The van der Waals surface area contributed by atoms with E-state index in [1.54, 1.807) is 17.6 Å². The third-order valence-corrected chi connectivity index (χ3v) is 6.79. The summed E-state index contributed by atoms with van der Waals surface area (Å²) in [6.45, 7) is 1.80. The van der Waals surface area contributed by atoms with Gasteiger partial charge in [-0.25, -0.2) is 10.0 Å². The van der Waals surface area contributed by atoms with Crippen molar-refractivity contribution >= 4 is 25.5 Å². The molecule has 0 radical (unpaired) electrons. The predicted molar refractivity (Wildman–Crippen MR) is 140 cm³/mol. The van der Waals surface area contributed by atoms with Crippen molar-refractivity contribution in [3.8, 4) is 11.5 Å². The number of hydrogen-bond donors (Lipinski definition) is 6. The zero-order valence-corrected chi connectivity index (χ0v) is 22.5. The quantitative estimate of drug-likeness (QED) is 0.128. The van der Waals surface area contributed by atoms with Gasteiger partial charge >= 0.3 is 7.82 Å². The third kappa shape index (κ3) is 9.99. The minimum Gasteiger partial charge on any atom is -0.492 e. The van der Waals surface area contributed by atoms with E-state index >= 15 is 0 Å². The van der Waals surface area contributed by atoms with Gasteiger partial charge in [0.2, 0.25) is 11.8 Å². The first-order chi connectivity index (χ1) is 18.5. The highest BCUT2D eigenvalue weighted by atomic mass is 31.2. The van der Waals surface area contributed by atoms with Crippen LogP contribution in [0.3, 0.4) is 0 Å². The van der Waals surface area contributed by atoms with E-state index in [1.807, 2.05) is 0 Å². The summed E-state index contributed by atoms with van der Waals surface area (Å²) in [7, 11) is -4.70. The van der Waals surface area contributed by atoms with Crippen LogP contribution in [-0.2, 0) is 27.1 Å². The van der Waals surface area contributed by atoms with Crippen LogP contribution in [0.5, 0.6) is 11.5 Å². The number of carbonyl (C=O) groups excluding carboxylic acids is 3. The lowest BCUT2D eigenvalue weighted by molar-refractivity contribution is -0.128. The molecular formula is C26H34N3O9P. The van der Waals surface area contributed by atoms with Gasteiger partial charge in [0.25, 0.3) is 5.91 Å². The summed E-state index contributed by atoms with van der Waals surface area (Å²) >= 11 is 0. The second-order valence-corrected chi connectivity index (χ2v) is 10.7. The molecule has 0 saturated heterocycles. The zero-order chi connectivity index (χ0) is 28.4. The summed E-state index contributed by atoms with van der Waals surface area (Å²) in [5, 5.41) is 14.5. The number of hydroxylamine groups is 1. The van der Waals surface area contributed by atoms with E-state index in [0.717, 1.165) is 25.7 Å². The fraction of sp³-hybridized carbons (Fsp3) is 0.423. The van der Waals surface area contributed by atoms with Crippen molar-refractivity contribution in [1.29, 1.82) is 0 Å². The largest absolute Gasteiger partial charge is 0.524 e. The molecule has 1 atom stereocenters. The van der Waals surface area contributed by atoms with Crippen LogP contribution in [0.1, 0.15) is 60.5 Å². The minimum atomic E-state index is -4.70. The van der Waals surface area contributed by atoms with Crippen molar-refractivity contribution in [2.24, 2.45) is 5.92 Å². The monoisotopic (exact) mass is 563 g/mol. The number of carbonyl (C=O) groups is 3. The molecule has 12 nitrogen and oxygen atoms in total. The molecule has 39 heavy (non-hydrogen) atoms. The molecule has 13 heteroatoms. The number of ether oxygens (including phenoxy) is 1. The molecule has 2 aromatic rings. The van der Waals surface area contributed by atoms with Gasteiger partial charge in [-0.15, -0.1) is 0 Å². The molecule has 0 bridgehead atoms. The molecule has 0 aliphatic heterocycles. The van der Waals surface area contributed by atoms with Crippen LogP contribution in [0.15, 0.2) is 42.5 Å². The van der Waals surface area contributed by atoms with Crippen LogP contribution in [0.25, 0.3) is 0 Å². The molecule has 1 aliphatic carbocycles. The Morgan fingerprint density at radius 1 is 1.03 bits per heavy atom. The van der Waals surface area contributed by atoms with Gasteiger partial charge in [-0.1, -0.05) is 37.5 Å². The van der Waals surface area contributed by atoms with E-state index in [1.165, 1.54) is 43.7 Å². The van der Waals surface area contributed by atoms with Crippen LogP contribution in [0, 0.1) is 5.92 Å². The highest BCUT2D eigenvalue weighted by Crippen LogP contribution is 2.37. The van der Waals surface area contributed by atoms with Gasteiger partial charge in [-0.2, -0.15) is 0 Å². The molecular weight excluding hydrogens is 529 g/mol. The number of rotatable bonds is 12. The molecule has 3 rings (SSSR count). The summed E-state index contributed by atoms with van der Waals surface area (Å²) in [6.07, 6.45) is 5.80. The number of hydrogen-bond acceptors (Lipinski definition) is 7. The Labute approximate surface area is 226 Å². The van der Waals surface area contributed by atoms with Crippen LogP contribution in [-0.4, -0.2) is 45.4 Å². The molecule has 0 spiro atoms. The summed E-state index contributed by atoms with van der Waals surface area (Å²) in [5.74, 6) is -0.914. The van der Waals surface area contributed by atoms with Crippen molar-refractivity contribution in [3.05, 3.63) is 59.2 Å². The van der Waals surface area contributed by atoms with Crippen LogP contribution in [0.4, 0.5) is 0 Å². The van der Waals surface area contributed by atoms with Crippen LogP contribution < -0.4 is 25.4 Å². The maximum atomic E-state index is 12.9. The van der Waals surface area contributed by atoms with Crippen molar-refractivity contribution in [2.75, 3.05) is 6.61 Å². The SMILES string of the molecule is CC(=O)N[C@@H](Cc1ccc(OP(=O)(O)O)cc1)C(=O)NCc1ccc(OCC2CCCCC2)c(C(=O)NO)c1. The Morgan fingerprint density at radius 2 is 1.69 bits per heavy atom. The Morgan fingerprint density at radius 3 is 2.31 bits per heavy atom. The second-order valence-electron chi connectivity index (χ2n) is 9.49. The highest BCUT2D eigenvalue weighted by Gasteiger charge is 2.22. The van der Waals surface area contributed by atoms with Crippen LogP contribution in [0.2, 0.25) is 0 Å². The first-order valence-corrected chi connectivity index (χ1v) is 14.2. The number of benzene rings is 2. The van der Waals surface area contributed by atoms with Gasteiger partial charge in [-0.05, 0) is 54.2 Å². The molecule has 0 heterocycles. The summed E-state index contributed by atoms with van der Waals surface area (Å²) in [4.78, 5) is 54.8. The molecule has 0 aromatic heterocycles. The molecule has 2 aromatic carbocycles. The fourth-order valence-corrected chi connectivity index (χ4v) is 4.83. The van der Waals surface area contributed by atoms with Crippen molar-refractivity contribution < 1.29 is 43.2 Å². The van der Waals surface area contributed by atoms with E-state index in [-0.39, 0.29) is 24.3 Å². The van der Waals surface area contributed by atoms with Gasteiger partial charge in [0.1, 0.15) is 17.5 Å². The number of phosphoric ester groups is 1. The van der Waals surface area contributed by atoms with Crippen LogP contribution >= 0.6 is 7.82 Å². The normalized spacial score (nSPS) is 14.7. The number of nitrogens with one attached hydrogen (secondary N) is 3. The lowest BCUT2D eigenvalue weighted by atomic mass is 9.90. The fourth-order valence-electron chi connectivity index (χ4n) is 4.44. The molecule has 0 unspecified atom stereocenters. The van der Waals surface area contributed by atoms with E-state index in [0.29, 0.717) is 29.4 Å². The molecule has 6 N–H and O–H groups in total. The summed E-state index contributed by atoms with van der Waals surface area (Å²) < 4.78 is 21.4. The Bertz CT molecular complexity index is 1190. The molecule has 212 valence electrons. The first kappa shape index (κ1) is 30.1. The van der Waals surface area contributed by atoms with Crippen molar-refractivity contribution in [3.63, 3.8) is 0 Å². The maximum absolute atomic E-state index is 12.9. The standard InChI is InChI=1S/C26H34N3O9P/c1-17(30)28-23(14-18-7-10-21(11-8-18)38-39(34,35)36)26(32)27-15-20-9-12-24(22(13-20)25(31)29-33)37-16-19-5-3-2-4-6-19/h7-13,19,23,33H,2-6,14-16H2,1H3,(H,27,32)(H,28,30)(H,29,31)(H2,34,35,36)/t23-/m0/s1. The maximum Gasteiger partial charge on any atom is 0.524 e. The summed E-state index contributed by atoms with van der Waals surface area (Å²) in [5.41, 5.74) is 2.95. The van der Waals surface area contributed by atoms with Gasteiger partial charge in [0.05, 0.1) is 12.2 Å². The lowest BCUT2D eigenvalue weighted by Crippen LogP contribution is -2.47. The number of amides is 3. The highest BCUT2D eigenvalue weighted by molar-refractivity contribution is 7.46. The molecule has 1 saturated carbocycles. The topological polar surface area (TPSA) is 184 Å². The van der Waals surface area contributed by atoms with Gasteiger partial charge in [0.15, 0.2) is 0 Å². The van der Waals surface area contributed by atoms with Crippen molar-refractivity contribution in [1.82, 2.24) is 16.1 Å². The van der Waals surface area contributed by atoms with Gasteiger partial charge in [-0.3, -0.25) is 29.4 Å². The second kappa shape index (κ2) is 14.1. The lowest BCUT2D eigenvalue weighted by Gasteiger charge is -2.22. The van der Waals surface area contributed by atoms with Gasteiger partial charge < -0.3 is 19.9 Å².